The standard InChI is InChI=1S/C27H46N4/c1-5-24(14-13-23(2)3)22-31(28-4)19-16-26-20-25(15-18-29-21-26)10-9-17-30-27-11-7-6-8-12-27/h5,15-16,19-20,24,27-30H,1-2,6-14,17-18,21-22H2,3-4H3/b19-16-/t24-/m1/s1. The molecule has 1 heterocycles. The number of nitrogens with one attached hydrogen (secondary N) is 3. The summed E-state index contributed by atoms with van der Waals surface area (Å²) in [5.74, 6) is 0.446. The van der Waals surface area contributed by atoms with Crippen LogP contribution in [0.25, 0.3) is 0 Å². The van der Waals surface area contributed by atoms with Crippen molar-refractivity contribution < 1.29 is 0 Å². The summed E-state index contributed by atoms with van der Waals surface area (Å²) in [4.78, 5) is 0. The fraction of sp³-hybridized carbons (Fsp3) is 0.630. The molecule has 4 nitrogen and oxygen atoms in total. The van der Waals surface area contributed by atoms with Gasteiger partial charge < -0.3 is 15.6 Å². The minimum absolute atomic E-state index is 0.446. The van der Waals surface area contributed by atoms with Gasteiger partial charge >= 0.3 is 0 Å². The maximum Gasteiger partial charge on any atom is 0.0400 e. The normalized spacial score (nSPS) is 18.9. The minimum atomic E-state index is 0.446. The molecular formula is C27H46N4. The molecule has 31 heavy (non-hydrogen) atoms. The van der Waals surface area contributed by atoms with Crippen LogP contribution in [0, 0.1) is 5.92 Å². The lowest BCUT2D eigenvalue weighted by atomic mass is 9.95. The van der Waals surface area contributed by atoms with Crippen molar-refractivity contribution in [3.05, 3.63) is 60.4 Å². The molecule has 1 saturated carbocycles. The molecule has 0 bridgehead atoms. The molecule has 1 atom stereocenters. The van der Waals surface area contributed by atoms with Crippen molar-refractivity contribution in [1.29, 1.82) is 0 Å². The van der Waals surface area contributed by atoms with Gasteiger partial charge in [0.25, 0.3) is 0 Å². The number of allylic oxidation sites excluding steroid dienone is 3. The number of hydrazine groups is 1. The van der Waals surface area contributed by atoms with Gasteiger partial charge in [-0.3, -0.25) is 0 Å². The van der Waals surface area contributed by atoms with Crippen LogP contribution in [0.1, 0.15) is 64.7 Å². The van der Waals surface area contributed by atoms with Crippen LogP contribution in [-0.2, 0) is 0 Å². The number of hydrogen-bond acceptors (Lipinski definition) is 4. The lowest BCUT2D eigenvalue weighted by Gasteiger charge is -2.24. The Morgan fingerprint density at radius 3 is 2.84 bits per heavy atom. The van der Waals surface area contributed by atoms with E-state index in [2.05, 4.69) is 71.7 Å². The molecule has 0 aromatic carbocycles. The molecular weight excluding hydrogens is 380 g/mol. The molecule has 2 aliphatic rings. The third-order valence-corrected chi connectivity index (χ3v) is 6.35. The highest BCUT2D eigenvalue weighted by Crippen LogP contribution is 2.18. The van der Waals surface area contributed by atoms with Gasteiger partial charge in [0, 0.05) is 38.9 Å². The molecule has 0 saturated heterocycles. The zero-order valence-corrected chi connectivity index (χ0v) is 20.1. The van der Waals surface area contributed by atoms with Crippen LogP contribution in [-0.4, -0.2) is 44.3 Å². The molecule has 1 aliphatic heterocycles. The average Bonchev–Trinajstić information content (AvgIpc) is 3.02. The summed E-state index contributed by atoms with van der Waals surface area (Å²) in [5, 5.41) is 9.45. The van der Waals surface area contributed by atoms with Gasteiger partial charge in [-0.05, 0) is 69.6 Å². The summed E-state index contributed by atoms with van der Waals surface area (Å²) in [6, 6.07) is 0.759. The second kappa shape index (κ2) is 15.2. The van der Waals surface area contributed by atoms with Crippen LogP contribution in [0.2, 0.25) is 0 Å². The quantitative estimate of drug-likeness (QED) is 0.201. The lowest BCUT2D eigenvalue weighted by Crippen LogP contribution is -2.34. The first kappa shape index (κ1) is 25.6. The summed E-state index contributed by atoms with van der Waals surface area (Å²) in [6.07, 6.45) is 22.6. The molecule has 0 aromatic heterocycles. The number of nitrogens with zero attached hydrogens (tertiary/aromatic N) is 1. The summed E-state index contributed by atoms with van der Waals surface area (Å²) >= 11 is 0. The Bertz CT molecular complexity index is 625. The molecule has 0 radical (unpaired) electrons. The van der Waals surface area contributed by atoms with Gasteiger partial charge in [-0.1, -0.05) is 48.6 Å². The smallest absolute Gasteiger partial charge is 0.0400 e. The van der Waals surface area contributed by atoms with Crippen molar-refractivity contribution in [3.8, 4) is 0 Å². The van der Waals surface area contributed by atoms with Crippen LogP contribution in [0.5, 0.6) is 0 Å². The Kier molecular flexibility index (Phi) is 12.6. The topological polar surface area (TPSA) is 39.3 Å². The fourth-order valence-corrected chi connectivity index (χ4v) is 4.34. The lowest BCUT2D eigenvalue weighted by molar-refractivity contribution is 0.263. The Morgan fingerprint density at radius 2 is 2.13 bits per heavy atom. The molecule has 174 valence electrons. The van der Waals surface area contributed by atoms with Crippen molar-refractivity contribution in [2.24, 2.45) is 5.92 Å². The zero-order chi connectivity index (χ0) is 22.3. The second-order valence-corrected chi connectivity index (χ2v) is 9.21. The number of rotatable bonds is 14. The Morgan fingerprint density at radius 1 is 1.32 bits per heavy atom. The van der Waals surface area contributed by atoms with E-state index in [0.717, 1.165) is 51.5 Å². The van der Waals surface area contributed by atoms with E-state index in [-0.39, 0.29) is 0 Å². The maximum atomic E-state index is 4.02. The summed E-state index contributed by atoms with van der Waals surface area (Å²) in [5.41, 5.74) is 7.33. The molecule has 1 fully saturated rings. The molecule has 3 N–H and O–H groups in total. The van der Waals surface area contributed by atoms with Gasteiger partial charge in [0.2, 0.25) is 0 Å². The zero-order valence-electron chi connectivity index (χ0n) is 20.1. The van der Waals surface area contributed by atoms with E-state index >= 15 is 0 Å². The molecule has 0 unspecified atom stereocenters. The Balaban J connectivity index is 1.81. The predicted molar refractivity (Wildman–Crippen MR) is 136 cm³/mol. The summed E-state index contributed by atoms with van der Waals surface area (Å²) < 4.78 is 0. The highest BCUT2D eigenvalue weighted by Gasteiger charge is 2.12. The van der Waals surface area contributed by atoms with Gasteiger partial charge in [0.05, 0.1) is 0 Å². The van der Waals surface area contributed by atoms with Gasteiger partial charge in [-0.25, -0.2) is 5.43 Å². The monoisotopic (exact) mass is 426 g/mol. The van der Waals surface area contributed by atoms with Gasteiger partial charge in [0.1, 0.15) is 0 Å². The van der Waals surface area contributed by atoms with Crippen LogP contribution in [0.3, 0.4) is 0 Å². The largest absolute Gasteiger partial charge is 0.315 e. The highest BCUT2D eigenvalue weighted by atomic mass is 15.5. The third-order valence-electron chi connectivity index (χ3n) is 6.35. The Hall–Kier alpha value is -1.62. The van der Waals surface area contributed by atoms with Gasteiger partial charge in [-0.2, -0.15) is 0 Å². The van der Waals surface area contributed by atoms with E-state index in [9.17, 15) is 0 Å². The van der Waals surface area contributed by atoms with Crippen molar-refractivity contribution in [3.63, 3.8) is 0 Å². The first-order chi connectivity index (χ1) is 15.1. The van der Waals surface area contributed by atoms with E-state index in [1.165, 1.54) is 55.2 Å². The van der Waals surface area contributed by atoms with E-state index in [1.807, 2.05) is 7.05 Å². The average molecular weight is 427 g/mol. The van der Waals surface area contributed by atoms with Crippen LogP contribution in [0.15, 0.2) is 60.4 Å². The van der Waals surface area contributed by atoms with Crippen LogP contribution < -0.4 is 16.1 Å². The molecule has 0 amide bonds. The summed E-state index contributed by atoms with van der Waals surface area (Å²) in [7, 11) is 1.98. The Labute approximate surface area is 191 Å². The highest BCUT2D eigenvalue weighted by molar-refractivity contribution is 5.33. The predicted octanol–water partition coefficient (Wildman–Crippen LogP) is 5.25. The first-order valence-electron chi connectivity index (χ1n) is 12.3. The fourth-order valence-electron chi connectivity index (χ4n) is 4.34. The molecule has 4 heteroatoms. The van der Waals surface area contributed by atoms with E-state index in [4.69, 9.17) is 0 Å². The SMILES string of the molecule is C=C[C@H](CCC(=C)C)CN(/C=C\C1=CC(CCCNC2CCCCC2)=CCNC1)NC. The molecule has 0 aromatic rings. The second-order valence-electron chi connectivity index (χ2n) is 9.21. The first-order valence-corrected chi connectivity index (χ1v) is 12.3. The molecule has 1 aliphatic carbocycles. The van der Waals surface area contributed by atoms with Gasteiger partial charge in [0.15, 0.2) is 0 Å². The van der Waals surface area contributed by atoms with Crippen molar-refractivity contribution in [2.45, 2.75) is 70.8 Å². The van der Waals surface area contributed by atoms with E-state index < -0.39 is 0 Å². The van der Waals surface area contributed by atoms with Gasteiger partial charge in [-0.15, -0.1) is 13.2 Å². The maximum absolute atomic E-state index is 4.02. The molecule has 2 rings (SSSR count). The third kappa shape index (κ3) is 11.0. The minimum Gasteiger partial charge on any atom is -0.315 e. The summed E-state index contributed by atoms with van der Waals surface area (Å²) in [6.45, 7) is 14.1. The number of hydrogen-bond donors (Lipinski definition) is 3. The molecule has 0 spiro atoms. The van der Waals surface area contributed by atoms with Crippen molar-refractivity contribution in [2.75, 3.05) is 33.2 Å². The van der Waals surface area contributed by atoms with Crippen molar-refractivity contribution >= 4 is 0 Å². The van der Waals surface area contributed by atoms with Crippen molar-refractivity contribution in [1.82, 2.24) is 21.1 Å². The van der Waals surface area contributed by atoms with Crippen LogP contribution >= 0.6 is 0 Å². The van der Waals surface area contributed by atoms with E-state index in [0.29, 0.717) is 5.92 Å². The van der Waals surface area contributed by atoms with E-state index in [1.54, 1.807) is 0 Å². The van der Waals surface area contributed by atoms with Crippen LogP contribution in [0.4, 0.5) is 0 Å².